The summed E-state index contributed by atoms with van der Waals surface area (Å²) in [5.41, 5.74) is 6.40. The fourth-order valence-electron chi connectivity index (χ4n) is 3.02. The number of hydrogen-bond donors (Lipinski definition) is 1. The second-order valence-electron chi connectivity index (χ2n) is 5.77. The average molecular weight is 272 g/mol. The number of carbonyl (C=O) groups is 1. The molecule has 0 spiro atoms. The summed E-state index contributed by atoms with van der Waals surface area (Å²) in [5.74, 6) is 0.819. The third kappa shape index (κ3) is 2.31. The van der Waals surface area contributed by atoms with Gasteiger partial charge in [-0.25, -0.2) is 0 Å². The van der Waals surface area contributed by atoms with Gasteiger partial charge in [0.1, 0.15) is 11.3 Å². The largest absolute Gasteiger partial charge is 0.459 e. The first kappa shape index (κ1) is 13.2. The van der Waals surface area contributed by atoms with Crippen molar-refractivity contribution in [3.63, 3.8) is 0 Å². The van der Waals surface area contributed by atoms with Gasteiger partial charge >= 0.3 is 0 Å². The number of benzene rings is 1. The predicted octanol–water partition coefficient (Wildman–Crippen LogP) is 2.66. The Kier molecular flexibility index (Phi) is 3.26. The van der Waals surface area contributed by atoms with Crippen molar-refractivity contribution in [2.75, 3.05) is 7.05 Å². The normalized spacial score (nSPS) is 17.5. The van der Waals surface area contributed by atoms with Gasteiger partial charge in [0, 0.05) is 12.4 Å². The van der Waals surface area contributed by atoms with Crippen molar-refractivity contribution in [1.29, 1.82) is 0 Å². The van der Waals surface area contributed by atoms with E-state index in [4.69, 9.17) is 10.2 Å². The third-order valence-corrected chi connectivity index (χ3v) is 4.14. The molecule has 4 nitrogen and oxygen atoms in total. The number of rotatable bonds is 3. The monoisotopic (exact) mass is 272 g/mol. The summed E-state index contributed by atoms with van der Waals surface area (Å²) in [7, 11) is 1.79. The summed E-state index contributed by atoms with van der Waals surface area (Å²) < 4.78 is 5.75. The first-order valence-corrected chi connectivity index (χ1v) is 7.10. The van der Waals surface area contributed by atoms with Crippen LogP contribution in [0.3, 0.4) is 0 Å². The smallest absolute Gasteiger partial charge is 0.242 e. The summed E-state index contributed by atoms with van der Waals surface area (Å²) >= 11 is 0. The van der Waals surface area contributed by atoms with Gasteiger partial charge in [-0.2, -0.15) is 0 Å². The number of likely N-dealkylation sites (N-methyl/N-ethyl adjacent to an activating group) is 1. The lowest BCUT2D eigenvalue weighted by Crippen LogP contribution is -2.52. The molecule has 1 saturated carbocycles. The molecule has 1 aliphatic carbocycles. The van der Waals surface area contributed by atoms with Crippen LogP contribution in [0, 0.1) is 0 Å². The van der Waals surface area contributed by atoms with Crippen molar-refractivity contribution in [2.45, 2.75) is 37.8 Å². The van der Waals surface area contributed by atoms with E-state index < -0.39 is 5.54 Å². The molecule has 0 aliphatic heterocycles. The molecule has 1 aliphatic rings. The van der Waals surface area contributed by atoms with E-state index in [0.717, 1.165) is 42.4 Å². The fraction of sp³-hybridized carbons (Fsp3) is 0.438. The Balaban J connectivity index is 1.75. The first-order chi connectivity index (χ1) is 9.58. The standard InChI is InChI=1S/C16H20N2O2/c1-18(15(19)16(17)8-4-5-9-16)11-13-10-12-6-2-3-7-14(12)20-13/h2-3,6-7,10H,4-5,8-9,11,17H2,1H3. The zero-order valence-corrected chi connectivity index (χ0v) is 11.8. The molecule has 0 saturated heterocycles. The lowest BCUT2D eigenvalue weighted by atomic mass is 9.97. The highest BCUT2D eigenvalue weighted by molar-refractivity contribution is 5.86. The summed E-state index contributed by atoms with van der Waals surface area (Å²) in [6.07, 6.45) is 3.66. The third-order valence-electron chi connectivity index (χ3n) is 4.14. The Morgan fingerprint density at radius 2 is 2.05 bits per heavy atom. The highest BCUT2D eigenvalue weighted by atomic mass is 16.3. The van der Waals surface area contributed by atoms with Crippen LogP contribution in [0.4, 0.5) is 0 Å². The van der Waals surface area contributed by atoms with E-state index in [1.807, 2.05) is 30.3 Å². The Bertz CT molecular complexity index is 593. The molecule has 0 unspecified atom stereocenters. The van der Waals surface area contributed by atoms with E-state index in [2.05, 4.69) is 0 Å². The van der Waals surface area contributed by atoms with Crippen LogP contribution in [-0.4, -0.2) is 23.4 Å². The highest BCUT2D eigenvalue weighted by Gasteiger charge is 2.38. The van der Waals surface area contributed by atoms with Crippen molar-refractivity contribution in [2.24, 2.45) is 5.73 Å². The van der Waals surface area contributed by atoms with Gasteiger partial charge < -0.3 is 15.1 Å². The molecule has 1 fully saturated rings. The SMILES string of the molecule is CN(Cc1cc2ccccc2o1)C(=O)C1(N)CCCC1. The zero-order chi connectivity index (χ0) is 14.2. The molecule has 0 radical (unpaired) electrons. The van der Waals surface area contributed by atoms with Crippen LogP contribution < -0.4 is 5.73 Å². The van der Waals surface area contributed by atoms with Crippen LogP contribution in [0.25, 0.3) is 11.0 Å². The highest BCUT2D eigenvalue weighted by Crippen LogP contribution is 2.29. The van der Waals surface area contributed by atoms with Gasteiger partial charge in [0.25, 0.3) is 0 Å². The molecule has 106 valence electrons. The molecule has 0 atom stereocenters. The Labute approximate surface area is 118 Å². The number of para-hydroxylation sites is 1. The molecule has 1 aromatic heterocycles. The number of furan rings is 1. The minimum atomic E-state index is -0.666. The van der Waals surface area contributed by atoms with E-state index in [1.165, 1.54) is 0 Å². The average Bonchev–Trinajstić information content (AvgIpc) is 3.04. The number of hydrogen-bond acceptors (Lipinski definition) is 3. The lowest BCUT2D eigenvalue weighted by Gasteiger charge is -2.28. The molecule has 4 heteroatoms. The molecule has 2 aromatic rings. The van der Waals surface area contributed by atoms with E-state index in [0.29, 0.717) is 6.54 Å². The van der Waals surface area contributed by atoms with Gasteiger partial charge in [0.15, 0.2) is 0 Å². The van der Waals surface area contributed by atoms with E-state index in [1.54, 1.807) is 11.9 Å². The van der Waals surface area contributed by atoms with Crippen LogP contribution >= 0.6 is 0 Å². The van der Waals surface area contributed by atoms with Gasteiger partial charge in [-0.15, -0.1) is 0 Å². The van der Waals surface area contributed by atoms with Crippen LogP contribution in [0.1, 0.15) is 31.4 Å². The molecule has 1 aromatic carbocycles. The number of amides is 1. The first-order valence-electron chi connectivity index (χ1n) is 7.10. The maximum atomic E-state index is 12.4. The van der Waals surface area contributed by atoms with Crippen LogP contribution in [-0.2, 0) is 11.3 Å². The number of nitrogens with zero attached hydrogens (tertiary/aromatic N) is 1. The molecule has 1 amide bonds. The molecular formula is C16H20N2O2. The van der Waals surface area contributed by atoms with E-state index in [9.17, 15) is 4.79 Å². The molecular weight excluding hydrogens is 252 g/mol. The molecule has 3 rings (SSSR count). The predicted molar refractivity (Wildman–Crippen MR) is 78.1 cm³/mol. The fourth-order valence-corrected chi connectivity index (χ4v) is 3.02. The van der Waals surface area contributed by atoms with Gasteiger partial charge in [-0.1, -0.05) is 31.0 Å². The number of fused-ring (bicyclic) bond motifs is 1. The van der Waals surface area contributed by atoms with Crippen molar-refractivity contribution in [1.82, 2.24) is 4.90 Å². The van der Waals surface area contributed by atoms with Gasteiger partial charge in [0.05, 0.1) is 12.1 Å². The van der Waals surface area contributed by atoms with Gasteiger partial charge in [0.2, 0.25) is 5.91 Å². The van der Waals surface area contributed by atoms with Gasteiger partial charge in [-0.3, -0.25) is 4.79 Å². The summed E-state index contributed by atoms with van der Waals surface area (Å²) in [5, 5.41) is 1.06. The maximum Gasteiger partial charge on any atom is 0.242 e. The summed E-state index contributed by atoms with van der Waals surface area (Å²) in [4.78, 5) is 14.1. The Hall–Kier alpha value is -1.81. The van der Waals surface area contributed by atoms with Crippen LogP contribution in [0.2, 0.25) is 0 Å². The number of nitrogens with two attached hydrogens (primary N) is 1. The van der Waals surface area contributed by atoms with Crippen LogP contribution in [0.5, 0.6) is 0 Å². The molecule has 2 N–H and O–H groups in total. The molecule has 0 bridgehead atoms. The van der Waals surface area contributed by atoms with Gasteiger partial charge in [-0.05, 0) is 25.0 Å². The topological polar surface area (TPSA) is 59.5 Å². The lowest BCUT2D eigenvalue weighted by molar-refractivity contribution is -0.136. The van der Waals surface area contributed by atoms with Crippen molar-refractivity contribution >= 4 is 16.9 Å². The van der Waals surface area contributed by atoms with Crippen molar-refractivity contribution in [3.05, 3.63) is 36.1 Å². The Morgan fingerprint density at radius 1 is 1.35 bits per heavy atom. The second kappa shape index (κ2) is 4.94. The van der Waals surface area contributed by atoms with E-state index >= 15 is 0 Å². The summed E-state index contributed by atoms with van der Waals surface area (Å²) in [6, 6.07) is 9.84. The molecule has 1 heterocycles. The second-order valence-corrected chi connectivity index (χ2v) is 5.77. The minimum Gasteiger partial charge on any atom is -0.459 e. The maximum absolute atomic E-state index is 12.4. The van der Waals surface area contributed by atoms with E-state index in [-0.39, 0.29) is 5.91 Å². The summed E-state index contributed by atoms with van der Waals surface area (Å²) in [6.45, 7) is 0.465. The Morgan fingerprint density at radius 3 is 2.75 bits per heavy atom. The zero-order valence-electron chi connectivity index (χ0n) is 11.8. The molecule has 20 heavy (non-hydrogen) atoms. The van der Waals surface area contributed by atoms with Crippen molar-refractivity contribution < 1.29 is 9.21 Å². The number of carbonyl (C=O) groups excluding carboxylic acids is 1. The van der Waals surface area contributed by atoms with Crippen LogP contribution in [0.15, 0.2) is 34.7 Å². The quantitative estimate of drug-likeness (QED) is 0.934. The van der Waals surface area contributed by atoms with Crippen molar-refractivity contribution in [3.8, 4) is 0 Å². The minimum absolute atomic E-state index is 0.0236.